The molecule has 3 heteroatoms. The van der Waals surface area contributed by atoms with Gasteiger partial charge in [-0.2, -0.15) is 4.57 Å². The highest BCUT2D eigenvalue weighted by molar-refractivity contribution is 6.90. The average molecular weight is 508 g/mol. The van der Waals surface area contributed by atoms with Gasteiger partial charge in [-0.3, -0.25) is 0 Å². The molecule has 0 amide bonds. The summed E-state index contributed by atoms with van der Waals surface area (Å²) >= 11 is 0. The third-order valence-electron chi connectivity index (χ3n) is 10.5. The molecular weight excluding hydrogens is 471 g/mol. The molecule has 0 radical (unpaired) electrons. The third-order valence-corrected chi connectivity index (χ3v) is 10.5. The van der Waals surface area contributed by atoms with Gasteiger partial charge in [0.05, 0.1) is 5.70 Å². The summed E-state index contributed by atoms with van der Waals surface area (Å²) in [6, 6.07) is 18.6. The molecule has 1 unspecified atom stereocenters. The fraction of sp³-hybridized carbons (Fsp3) is 0.306. The van der Waals surface area contributed by atoms with Gasteiger partial charge >= 0.3 is 0 Å². The Balaban J connectivity index is 1.46. The maximum atomic E-state index is 2.60. The van der Waals surface area contributed by atoms with E-state index in [1.165, 1.54) is 79.8 Å². The zero-order valence-corrected chi connectivity index (χ0v) is 24.0. The Kier molecular flexibility index (Phi) is 4.50. The van der Waals surface area contributed by atoms with E-state index in [-0.39, 0.29) is 23.5 Å². The monoisotopic (exact) mass is 507 g/mol. The van der Waals surface area contributed by atoms with Crippen molar-refractivity contribution in [1.82, 2.24) is 4.57 Å². The lowest BCUT2D eigenvalue weighted by atomic mass is 9.33. The molecule has 2 nitrogen and oxygen atoms in total. The van der Waals surface area contributed by atoms with Crippen LogP contribution >= 0.6 is 0 Å². The second kappa shape index (κ2) is 7.53. The normalized spacial score (nSPS) is 23.7. The van der Waals surface area contributed by atoms with Crippen molar-refractivity contribution < 1.29 is 4.58 Å². The summed E-state index contributed by atoms with van der Waals surface area (Å²) in [5.41, 5.74) is 14.6. The van der Waals surface area contributed by atoms with Crippen LogP contribution in [0.25, 0.3) is 16.6 Å². The largest absolute Gasteiger partial charge is 0.292 e. The van der Waals surface area contributed by atoms with Gasteiger partial charge < -0.3 is 0 Å². The van der Waals surface area contributed by atoms with Crippen molar-refractivity contribution in [2.24, 2.45) is 5.92 Å². The van der Waals surface area contributed by atoms with E-state index < -0.39 is 0 Å². The summed E-state index contributed by atoms with van der Waals surface area (Å²) in [6.45, 7) is 14.7. The molecule has 0 N–H and O–H groups in total. The van der Waals surface area contributed by atoms with Crippen LogP contribution in [0.1, 0.15) is 65.5 Å². The van der Waals surface area contributed by atoms with E-state index in [2.05, 4.69) is 130 Å². The summed E-state index contributed by atoms with van der Waals surface area (Å²) in [5, 5.41) is 1.36. The van der Waals surface area contributed by atoms with Crippen molar-refractivity contribution in [2.45, 2.75) is 65.2 Å². The van der Waals surface area contributed by atoms with E-state index in [1.807, 2.05) is 0 Å². The standard InChI is InChI=1S/C36H36BN2/c1-22-23(2)38-32-20-25-19-27-28(36(5,6)18-17-35(27,3)4)21-31(25)39(32)30-14-10-11-24-15-16-29(34(38)33(24)30)37(22)26-12-8-7-9-13-26/h7-16,19-21,33H,17-18H2,1-6H3/q+1. The van der Waals surface area contributed by atoms with Crippen LogP contribution in [0.5, 0.6) is 0 Å². The number of nitrogens with zero attached hydrogens (tertiary/aromatic N) is 2. The molecule has 3 aromatic rings. The van der Waals surface area contributed by atoms with Crippen molar-refractivity contribution in [1.29, 1.82) is 0 Å². The van der Waals surface area contributed by atoms with Crippen LogP contribution in [0.4, 0.5) is 5.82 Å². The number of fused-ring (bicyclic) bond motifs is 6. The summed E-state index contributed by atoms with van der Waals surface area (Å²) in [7, 11) is 0. The van der Waals surface area contributed by atoms with Crippen LogP contribution in [-0.2, 0) is 10.8 Å². The second-order valence-electron chi connectivity index (χ2n) is 13.6. The number of rotatable bonds is 1. The molecule has 192 valence electrons. The molecule has 1 aromatic heterocycles. The number of aromatic nitrogens is 1. The van der Waals surface area contributed by atoms with Gasteiger partial charge in [-0.1, -0.05) is 93.3 Å². The lowest BCUT2D eigenvalue weighted by molar-refractivity contribution is -0.393. The van der Waals surface area contributed by atoms with Gasteiger partial charge in [0.25, 0.3) is 5.82 Å². The first-order chi connectivity index (χ1) is 18.7. The van der Waals surface area contributed by atoms with Crippen molar-refractivity contribution in [3.8, 4) is 0 Å². The first-order valence-corrected chi connectivity index (χ1v) is 14.6. The minimum atomic E-state index is 0.183. The Hall–Kier alpha value is -3.59. The lowest BCUT2D eigenvalue weighted by Crippen LogP contribution is -2.49. The predicted octanol–water partition coefficient (Wildman–Crippen LogP) is 7.77. The SMILES string of the molecule is CC1=C(C)[N+]2=C3C(=CC=C4C=CC=C(C43)n3c2cc2cc4c(cc23)C(C)(C)CCC4(C)C)B1c1ccccc1. The van der Waals surface area contributed by atoms with Gasteiger partial charge in [0, 0.05) is 11.5 Å². The molecule has 2 aliphatic heterocycles. The molecule has 0 saturated heterocycles. The van der Waals surface area contributed by atoms with E-state index in [4.69, 9.17) is 0 Å². The molecule has 0 bridgehead atoms. The highest BCUT2D eigenvalue weighted by Crippen LogP contribution is 2.51. The molecular formula is C36H36BN2+. The van der Waals surface area contributed by atoms with Crippen LogP contribution in [0.2, 0.25) is 0 Å². The molecule has 0 spiro atoms. The van der Waals surface area contributed by atoms with Gasteiger partial charge in [-0.25, -0.2) is 4.58 Å². The number of benzene rings is 2. The Bertz CT molecular complexity index is 1810. The van der Waals surface area contributed by atoms with Crippen LogP contribution in [0.15, 0.2) is 101 Å². The summed E-state index contributed by atoms with van der Waals surface area (Å²) in [6.07, 6.45) is 14.2. The molecule has 8 rings (SSSR count). The quantitative estimate of drug-likeness (QED) is 0.235. The molecule has 3 aliphatic carbocycles. The molecule has 5 aliphatic rings. The van der Waals surface area contributed by atoms with Crippen LogP contribution in [0.3, 0.4) is 0 Å². The van der Waals surface area contributed by atoms with E-state index in [9.17, 15) is 0 Å². The molecule has 1 atom stereocenters. The smallest absolute Gasteiger partial charge is 0.201 e. The maximum absolute atomic E-state index is 2.60. The maximum Gasteiger partial charge on any atom is 0.292 e. The average Bonchev–Trinajstić information content (AvgIpc) is 3.30. The Morgan fingerprint density at radius 2 is 1.59 bits per heavy atom. The van der Waals surface area contributed by atoms with Crippen molar-refractivity contribution in [3.05, 3.63) is 112 Å². The van der Waals surface area contributed by atoms with Gasteiger partial charge in [0.15, 0.2) is 0 Å². The summed E-state index contributed by atoms with van der Waals surface area (Å²) in [5.74, 6) is 1.53. The Morgan fingerprint density at radius 1 is 0.872 bits per heavy atom. The lowest BCUT2D eigenvalue weighted by Gasteiger charge is -2.41. The highest BCUT2D eigenvalue weighted by Gasteiger charge is 2.50. The molecule has 0 fully saturated rings. The number of hydrogen-bond acceptors (Lipinski definition) is 0. The zero-order chi connectivity index (χ0) is 26.8. The minimum Gasteiger partial charge on any atom is -0.201 e. The van der Waals surface area contributed by atoms with Gasteiger partial charge in [-0.05, 0) is 77.9 Å². The summed E-state index contributed by atoms with van der Waals surface area (Å²) in [4.78, 5) is 0. The molecule has 0 saturated carbocycles. The van der Waals surface area contributed by atoms with Crippen LogP contribution < -0.4 is 5.46 Å². The van der Waals surface area contributed by atoms with E-state index in [0.29, 0.717) is 0 Å². The predicted molar refractivity (Wildman–Crippen MR) is 165 cm³/mol. The van der Waals surface area contributed by atoms with Crippen molar-refractivity contribution >= 4 is 40.3 Å². The van der Waals surface area contributed by atoms with Crippen molar-refractivity contribution in [2.75, 3.05) is 0 Å². The topological polar surface area (TPSA) is 7.94 Å². The first-order valence-electron chi connectivity index (χ1n) is 14.6. The van der Waals surface area contributed by atoms with E-state index in [1.54, 1.807) is 0 Å². The summed E-state index contributed by atoms with van der Waals surface area (Å²) < 4.78 is 5.19. The second-order valence-corrected chi connectivity index (χ2v) is 13.6. The number of allylic oxidation sites excluding steroid dienone is 10. The first kappa shape index (κ1) is 23.3. The van der Waals surface area contributed by atoms with E-state index in [0.717, 1.165) is 0 Å². The molecule has 2 aromatic carbocycles. The highest BCUT2D eigenvalue weighted by atomic mass is 15.2. The van der Waals surface area contributed by atoms with Crippen LogP contribution in [-0.4, -0.2) is 21.6 Å². The fourth-order valence-electron chi connectivity index (χ4n) is 8.08. The van der Waals surface area contributed by atoms with Crippen LogP contribution in [0, 0.1) is 5.92 Å². The zero-order valence-electron chi connectivity index (χ0n) is 24.0. The minimum absolute atomic E-state index is 0.183. The third kappa shape index (κ3) is 2.97. The fourth-order valence-corrected chi connectivity index (χ4v) is 8.08. The van der Waals surface area contributed by atoms with Gasteiger partial charge in [-0.15, -0.1) is 0 Å². The van der Waals surface area contributed by atoms with Gasteiger partial charge in [0.1, 0.15) is 22.8 Å². The number of hydrogen-bond donors (Lipinski definition) is 0. The molecule has 39 heavy (non-hydrogen) atoms. The van der Waals surface area contributed by atoms with E-state index >= 15 is 0 Å². The Morgan fingerprint density at radius 3 is 2.33 bits per heavy atom. The molecule has 3 heterocycles. The van der Waals surface area contributed by atoms with Gasteiger partial charge in [0.2, 0.25) is 6.71 Å². The Labute approximate surface area is 232 Å². The van der Waals surface area contributed by atoms with Crippen molar-refractivity contribution in [3.63, 3.8) is 0 Å².